The quantitative estimate of drug-likeness (QED) is 0.166. The zero-order chi connectivity index (χ0) is 29.9. The van der Waals surface area contributed by atoms with Gasteiger partial charge in [0, 0.05) is 24.6 Å². The third-order valence-electron chi connectivity index (χ3n) is 8.85. The molecule has 1 aliphatic carbocycles. The van der Waals surface area contributed by atoms with Crippen LogP contribution in [0.1, 0.15) is 89.5 Å². The highest BCUT2D eigenvalue weighted by atomic mass is 32.1. The van der Waals surface area contributed by atoms with E-state index in [0.29, 0.717) is 11.5 Å². The number of piperidine rings is 1. The number of thiazole rings is 1. The van der Waals surface area contributed by atoms with Crippen LogP contribution >= 0.6 is 11.3 Å². The minimum absolute atomic E-state index is 0.0252. The second kappa shape index (κ2) is 12.8. The summed E-state index contributed by atoms with van der Waals surface area (Å²) in [4.78, 5) is 38.6. The average molecular weight is 594 g/mol. The fraction of sp³-hybridized carbons (Fsp3) is 0.389. The average Bonchev–Trinajstić information content (AvgIpc) is 3.40. The number of methoxy groups -OCH3 is 1. The van der Waals surface area contributed by atoms with E-state index < -0.39 is 0 Å². The van der Waals surface area contributed by atoms with Gasteiger partial charge in [0.2, 0.25) is 5.91 Å². The Morgan fingerprint density at radius 3 is 2.42 bits per heavy atom. The number of hydrogen-bond donors (Lipinski definition) is 0. The fourth-order valence-corrected chi connectivity index (χ4v) is 7.57. The molecule has 2 fully saturated rings. The third kappa shape index (κ3) is 6.28. The molecule has 2 aromatic carbocycles. The maximum atomic E-state index is 13.2. The number of carbonyl (C=O) groups excluding carboxylic acids is 2. The summed E-state index contributed by atoms with van der Waals surface area (Å²) in [6.07, 6.45) is 12.6. The van der Waals surface area contributed by atoms with Crippen molar-refractivity contribution in [3.63, 3.8) is 0 Å². The van der Waals surface area contributed by atoms with Crippen LogP contribution < -0.4 is 0 Å². The van der Waals surface area contributed by atoms with Crippen LogP contribution in [0.2, 0.25) is 0 Å². The number of ether oxygens (including phenoxy) is 1. The van der Waals surface area contributed by atoms with E-state index in [2.05, 4.69) is 35.3 Å². The summed E-state index contributed by atoms with van der Waals surface area (Å²) in [7, 11) is 1.42. The van der Waals surface area contributed by atoms with Crippen LogP contribution in [0, 0.1) is 13.8 Å². The molecule has 0 atom stereocenters. The standard InChI is InChI=1S/C36H39N3O3S/c1-23-35(43-24(2)37-23)32-16-12-26-20-27(13-15-31(26)38-32)34-28(14-17-33(40)39-18-8-5-9-19-39)21-29(36(41)42-3)22-30(34)25-10-6-4-7-11-25/h12-17,20-22,25H,4-11,18-19H2,1-3H3/b17-14+. The zero-order valence-electron chi connectivity index (χ0n) is 25.3. The molecule has 6 nitrogen and oxygen atoms in total. The molecule has 1 saturated carbocycles. The van der Waals surface area contributed by atoms with Crippen LogP contribution in [0.15, 0.2) is 48.5 Å². The summed E-state index contributed by atoms with van der Waals surface area (Å²) >= 11 is 1.67. The van der Waals surface area contributed by atoms with E-state index in [0.717, 1.165) is 93.2 Å². The predicted octanol–water partition coefficient (Wildman–Crippen LogP) is 8.50. The van der Waals surface area contributed by atoms with Crippen molar-refractivity contribution < 1.29 is 14.3 Å². The lowest BCUT2D eigenvalue weighted by Gasteiger charge is -2.27. The lowest BCUT2D eigenvalue weighted by atomic mass is 9.78. The van der Waals surface area contributed by atoms with Crippen molar-refractivity contribution in [1.29, 1.82) is 0 Å². The Morgan fingerprint density at radius 2 is 1.70 bits per heavy atom. The van der Waals surface area contributed by atoms with Crippen LogP contribution in [0.5, 0.6) is 0 Å². The zero-order valence-corrected chi connectivity index (χ0v) is 26.1. The topological polar surface area (TPSA) is 72.4 Å². The SMILES string of the molecule is COC(=O)c1cc(/C=C/C(=O)N2CCCCC2)c(-c2ccc3nc(-c4sc(C)nc4C)ccc3c2)c(C2CCCCC2)c1. The van der Waals surface area contributed by atoms with Crippen LogP contribution in [-0.4, -0.2) is 46.9 Å². The number of hydrogen-bond acceptors (Lipinski definition) is 6. The lowest BCUT2D eigenvalue weighted by Crippen LogP contribution is -2.34. The van der Waals surface area contributed by atoms with Crippen LogP contribution in [0.25, 0.3) is 38.7 Å². The first-order valence-corrected chi connectivity index (χ1v) is 16.3. The molecule has 222 valence electrons. The number of rotatable bonds is 6. The monoisotopic (exact) mass is 593 g/mol. The van der Waals surface area contributed by atoms with E-state index in [1.807, 2.05) is 37.0 Å². The van der Waals surface area contributed by atoms with Gasteiger partial charge in [-0.15, -0.1) is 11.3 Å². The molecule has 4 aromatic rings. The van der Waals surface area contributed by atoms with E-state index in [4.69, 9.17) is 9.72 Å². The molecular formula is C36H39N3O3S. The van der Waals surface area contributed by atoms with Gasteiger partial charge in [0.1, 0.15) is 0 Å². The molecule has 7 heteroatoms. The Hall–Kier alpha value is -3.84. The molecule has 0 spiro atoms. The molecule has 1 saturated heterocycles. The van der Waals surface area contributed by atoms with Crippen LogP contribution in [-0.2, 0) is 9.53 Å². The number of pyridine rings is 1. The summed E-state index contributed by atoms with van der Waals surface area (Å²) < 4.78 is 5.17. The number of benzene rings is 2. The normalized spacial score (nSPS) is 16.2. The number of aromatic nitrogens is 2. The molecular weight excluding hydrogens is 554 g/mol. The minimum atomic E-state index is -0.357. The molecule has 0 bridgehead atoms. The molecule has 43 heavy (non-hydrogen) atoms. The van der Waals surface area contributed by atoms with Gasteiger partial charge in [-0.2, -0.15) is 0 Å². The van der Waals surface area contributed by atoms with Gasteiger partial charge in [-0.25, -0.2) is 14.8 Å². The van der Waals surface area contributed by atoms with Gasteiger partial charge in [-0.1, -0.05) is 31.4 Å². The van der Waals surface area contributed by atoms with Crippen molar-refractivity contribution >= 4 is 40.2 Å². The first kappa shape index (κ1) is 29.2. The largest absolute Gasteiger partial charge is 0.465 e. The number of aryl methyl sites for hydroxylation is 2. The lowest BCUT2D eigenvalue weighted by molar-refractivity contribution is -0.126. The molecule has 1 aliphatic heterocycles. The van der Waals surface area contributed by atoms with Gasteiger partial charge in [-0.05, 0) is 111 Å². The smallest absolute Gasteiger partial charge is 0.337 e. The van der Waals surface area contributed by atoms with E-state index in [1.165, 1.54) is 32.8 Å². The van der Waals surface area contributed by atoms with Crippen LogP contribution in [0.3, 0.4) is 0 Å². The summed E-state index contributed by atoms with van der Waals surface area (Å²) in [6, 6.07) is 14.5. The highest BCUT2D eigenvalue weighted by Crippen LogP contribution is 2.42. The number of esters is 1. The van der Waals surface area contributed by atoms with Crippen molar-refractivity contribution in [3.8, 4) is 21.7 Å². The van der Waals surface area contributed by atoms with Gasteiger partial charge < -0.3 is 9.64 Å². The van der Waals surface area contributed by atoms with E-state index in [-0.39, 0.29) is 11.9 Å². The van der Waals surface area contributed by atoms with Crippen molar-refractivity contribution in [2.45, 2.75) is 71.1 Å². The molecule has 6 rings (SSSR count). The van der Waals surface area contributed by atoms with Crippen molar-refractivity contribution in [2.75, 3.05) is 20.2 Å². The summed E-state index contributed by atoms with van der Waals surface area (Å²) in [6.45, 7) is 5.65. The molecule has 2 aromatic heterocycles. The first-order chi connectivity index (χ1) is 20.9. The molecule has 1 amide bonds. The molecule has 0 N–H and O–H groups in total. The highest BCUT2D eigenvalue weighted by Gasteiger charge is 2.24. The Bertz CT molecular complexity index is 1690. The van der Waals surface area contributed by atoms with Gasteiger partial charge in [0.15, 0.2) is 0 Å². The van der Waals surface area contributed by atoms with Gasteiger partial charge in [0.25, 0.3) is 0 Å². The number of nitrogens with zero attached hydrogens (tertiary/aromatic N) is 3. The molecule has 0 unspecified atom stereocenters. The second-order valence-corrected chi connectivity index (χ2v) is 13.0. The Morgan fingerprint density at radius 1 is 0.930 bits per heavy atom. The van der Waals surface area contributed by atoms with Crippen molar-refractivity contribution in [3.05, 3.63) is 75.9 Å². The Labute approximate surface area is 257 Å². The van der Waals surface area contributed by atoms with E-state index >= 15 is 0 Å². The molecule has 0 radical (unpaired) electrons. The first-order valence-electron chi connectivity index (χ1n) is 15.5. The van der Waals surface area contributed by atoms with Gasteiger partial charge in [0.05, 0.1) is 39.5 Å². The fourth-order valence-electron chi connectivity index (χ4n) is 6.68. The van der Waals surface area contributed by atoms with Gasteiger partial charge in [-0.3, -0.25) is 4.79 Å². The Balaban J connectivity index is 1.47. The molecule has 2 aliphatic rings. The number of carbonyl (C=O) groups is 2. The third-order valence-corrected chi connectivity index (χ3v) is 9.95. The number of fused-ring (bicyclic) bond motifs is 1. The highest BCUT2D eigenvalue weighted by molar-refractivity contribution is 7.15. The summed E-state index contributed by atoms with van der Waals surface area (Å²) in [5, 5.41) is 2.08. The van der Waals surface area contributed by atoms with E-state index in [9.17, 15) is 9.59 Å². The summed E-state index contributed by atoms with van der Waals surface area (Å²) in [5.74, 6) is 0.00803. The minimum Gasteiger partial charge on any atom is -0.465 e. The van der Waals surface area contributed by atoms with Gasteiger partial charge >= 0.3 is 5.97 Å². The predicted molar refractivity (Wildman–Crippen MR) is 174 cm³/mol. The summed E-state index contributed by atoms with van der Waals surface area (Å²) in [5.41, 5.74) is 7.57. The Kier molecular flexibility index (Phi) is 8.70. The second-order valence-electron chi connectivity index (χ2n) is 11.8. The maximum absolute atomic E-state index is 13.2. The van der Waals surface area contributed by atoms with Crippen molar-refractivity contribution in [2.24, 2.45) is 0 Å². The number of likely N-dealkylation sites (tertiary alicyclic amines) is 1. The van der Waals surface area contributed by atoms with E-state index in [1.54, 1.807) is 17.4 Å². The number of amides is 1. The van der Waals surface area contributed by atoms with Crippen LogP contribution in [0.4, 0.5) is 0 Å². The molecule has 3 heterocycles. The maximum Gasteiger partial charge on any atom is 0.337 e. The van der Waals surface area contributed by atoms with Crippen molar-refractivity contribution in [1.82, 2.24) is 14.9 Å².